The molecule has 0 N–H and O–H groups in total. The van der Waals surface area contributed by atoms with Crippen molar-refractivity contribution < 1.29 is 26.9 Å². The van der Waals surface area contributed by atoms with Crippen molar-refractivity contribution in [2.24, 2.45) is 0 Å². The number of alkyl halides is 3. The van der Waals surface area contributed by atoms with Crippen LogP contribution < -0.4 is 5.46 Å². The lowest BCUT2D eigenvalue weighted by Gasteiger charge is -2.32. The predicted molar refractivity (Wildman–Crippen MR) is 100 cm³/mol. The van der Waals surface area contributed by atoms with Crippen LogP contribution in [0.4, 0.5) is 13.2 Å². The maximum atomic E-state index is 12.7. The predicted octanol–water partition coefficient (Wildman–Crippen LogP) is 4.81. The number of benzene rings is 2. The topological polar surface area (TPSA) is 44.5 Å². The molecule has 0 atom stereocenters. The highest BCUT2D eigenvalue weighted by molar-refractivity contribution is 6.62. The number of hydrogen-bond acceptors (Lipinski definition) is 4. The van der Waals surface area contributed by atoms with Crippen LogP contribution in [0.5, 0.6) is 0 Å². The van der Waals surface area contributed by atoms with Crippen LogP contribution >= 0.6 is 0 Å². The molecule has 8 heteroatoms. The Labute approximate surface area is 160 Å². The van der Waals surface area contributed by atoms with Crippen molar-refractivity contribution >= 4 is 23.7 Å². The van der Waals surface area contributed by atoms with Crippen molar-refractivity contribution in [1.29, 1.82) is 0 Å². The minimum absolute atomic E-state index is 0.259. The molecule has 1 saturated heterocycles. The number of oxazole rings is 1. The minimum Gasteiger partial charge on any atom is -0.436 e. The van der Waals surface area contributed by atoms with Crippen molar-refractivity contribution in [3.8, 4) is 11.5 Å². The second-order valence-electron chi connectivity index (χ2n) is 7.91. The fourth-order valence-corrected chi connectivity index (χ4v) is 3.00. The van der Waals surface area contributed by atoms with Gasteiger partial charge in [-0.1, -0.05) is 6.07 Å². The van der Waals surface area contributed by atoms with E-state index >= 15 is 0 Å². The van der Waals surface area contributed by atoms with Gasteiger partial charge in [0.25, 0.3) is 0 Å². The van der Waals surface area contributed by atoms with Crippen LogP contribution in [0.2, 0.25) is 0 Å². The minimum atomic E-state index is -4.38. The third-order valence-corrected chi connectivity index (χ3v) is 5.40. The van der Waals surface area contributed by atoms with E-state index in [1.54, 1.807) is 6.07 Å². The maximum absolute atomic E-state index is 12.7. The van der Waals surface area contributed by atoms with E-state index in [1.165, 1.54) is 12.1 Å². The second kappa shape index (κ2) is 6.09. The van der Waals surface area contributed by atoms with Gasteiger partial charge >= 0.3 is 13.3 Å². The lowest BCUT2D eigenvalue weighted by atomic mass is 9.79. The van der Waals surface area contributed by atoms with E-state index in [2.05, 4.69) is 4.98 Å². The molecule has 2 heterocycles. The van der Waals surface area contributed by atoms with E-state index in [1.807, 2.05) is 39.8 Å². The Morgan fingerprint density at radius 1 is 0.893 bits per heavy atom. The molecule has 0 aliphatic carbocycles. The number of hydrogen-bond donors (Lipinski definition) is 0. The zero-order valence-corrected chi connectivity index (χ0v) is 15.9. The van der Waals surface area contributed by atoms with Crippen molar-refractivity contribution in [2.45, 2.75) is 45.1 Å². The summed E-state index contributed by atoms with van der Waals surface area (Å²) in [5.41, 5.74) is 0.774. The lowest BCUT2D eigenvalue weighted by Crippen LogP contribution is -2.41. The molecule has 4 nitrogen and oxygen atoms in total. The van der Waals surface area contributed by atoms with E-state index in [0.717, 1.165) is 17.6 Å². The van der Waals surface area contributed by atoms with Gasteiger partial charge in [0.15, 0.2) is 5.58 Å². The van der Waals surface area contributed by atoms with Crippen molar-refractivity contribution in [3.05, 3.63) is 48.0 Å². The van der Waals surface area contributed by atoms with Crippen LogP contribution in [0.3, 0.4) is 0 Å². The summed E-state index contributed by atoms with van der Waals surface area (Å²) in [6, 6.07) is 10.1. The van der Waals surface area contributed by atoms with Gasteiger partial charge < -0.3 is 13.7 Å². The third kappa shape index (κ3) is 3.20. The largest absolute Gasteiger partial charge is 0.494 e. The van der Waals surface area contributed by atoms with Gasteiger partial charge in [-0.3, -0.25) is 0 Å². The summed E-state index contributed by atoms with van der Waals surface area (Å²) in [6.45, 7) is 7.91. The standard InChI is InChI=1S/C20H19BF3NO3/c1-18(2)19(3,4)28-21(27-18)14-9-10-16-15(11-14)25-17(26-16)12-5-7-13(8-6-12)20(22,23)24/h5-11H,1-4H3. The molecular weight excluding hydrogens is 370 g/mol. The molecule has 1 aliphatic heterocycles. The SMILES string of the molecule is CC1(C)OB(c2ccc3oc(-c4ccc(C(F)(F)F)cc4)nc3c2)OC1(C)C. The van der Waals surface area contributed by atoms with Crippen LogP contribution in [-0.2, 0) is 15.5 Å². The van der Waals surface area contributed by atoms with Gasteiger partial charge in [0.1, 0.15) is 5.52 Å². The molecule has 2 aromatic carbocycles. The Hall–Kier alpha value is -2.32. The van der Waals surface area contributed by atoms with E-state index in [4.69, 9.17) is 13.7 Å². The maximum Gasteiger partial charge on any atom is 0.494 e. The van der Waals surface area contributed by atoms with Crippen LogP contribution in [0.15, 0.2) is 46.9 Å². The Kier molecular flexibility index (Phi) is 4.14. The van der Waals surface area contributed by atoms with Gasteiger partial charge in [0, 0.05) is 5.56 Å². The summed E-state index contributed by atoms with van der Waals surface area (Å²) < 4.78 is 56.0. The molecule has 28 heavy (non-hydrogen) atoms. The van der Waals surface area contributed by atoms with Crippen molar-refractivity contribution in [1.82, 2.24) is 4.98 Å². The smallest absolute Gasteiger partial charge is 0.436 e. The molecule has 0 saturated carbocycles. The fraction of sp³-hybridized carbons (Fsp3) is 0.350. The average Bonchev–Trinajstić information content (AvgIpc) is 3.11. The molecule has 0 bridgehead atoms. The Morgan fingerprint density at radius 2 is 1.50 bits per heavy atom. The summed E-state index contributed by atoms with van der Waals surface area (Å²) in [5.74, 6) is 0.259. The first-order valence-corrected chi connectivity index (χ1v) is 8.90. The summed E-state index contributed by atoms with van der Waals surface area (Å²) in [6.07, 6.45) is -4.38. The number of nitrogens with zero attached hydrogens (tertiary/aromatic N) is 1. The molecule has 0 unspecified atom stereocenters. The number of fused-ring (bicyclic) bond motifs is 1. The van der Waals surface area contributed by atoms with Gasteiger partial charge in [-0.2, -0.15) is 13.2 Å². The van der Waals surface area contributed by atoms with Crippen LogP contribution in [0.25, 0.3) is 22.6 Å². The first-order chi connectivity index (χ1) is 13.0. The summed E-state index contributed by atoms with van der Waals surface area (Å²) in [4.78, 5) is 4.42. The molecule has 0 radical (unpaired) electrons. The summed E-state index contributed by atoms with van der Waals surface area (Å²) in [7, 11) is -0.527. The molecule has 1 aliphatic rings. The van der Waals surface area contributed by atoms with Gasteiger partial charge in [0.2, 0.25) is 5.89 Å². The van der Waals surface area contributed by atoms with Crippen molar-refractivity contribution in [2.75, 3.05) is 0 Å². The molecule has 146 valence electrons. The van der Waals surface area contributed by atoms with Crippen LogP contribution in [-0.4, -0.2) is 23.3 Å². The molecular formula is C20H19BF3NO3. The summed E-state index contributed by atoms with van der Waals surface area (Å²) >= 11 is 0. The van der Waals surface area contributed by atoms with E-state index in [9.17, 15) is 13.2 Å². The quantitative estimate of drug-likeness (QED) is 0.590. The Morgan fingerprint density at radius 3 is 2.07 bits per heavy atom. The van der Waals surface area contributed by atoms with Crippen LogP contribution in [0.1, 0.15) is 33.3 Å². The monoisotopic (exact) mass is 389 g/mol. The molecule has 1 fully saturated rings. The summed E-state index contributed by atoms with van der Waals surface area (Å²) in [5, 5.41) is 0. The van der Waals surface area contributed by atoms with Gasteiger partial charge in [-0.15, -0.1) is 0 Å². The number of aromatic nitrogens is 1. The zero-order valence-electron chi connectivity index (χ0n) is 15.9. The van der Waals surface area contributed by atoms with Crippen molar-refractivity contribution in [3.63, 3.8) is 0 Å². The molecule has 0 amide bonds. The third-order valence-electron chi connectivity index (χ3n) is 5.40. The zero-order chi connectivity index (χ0) is 20.3. The lowest BCUT2D eigenvalue weighted by molar-refractivity contribution is -0.137. The highest BCUT2D eigenvalue weighted by Gasteiger charge is 2.51. The van der Waals surface area contributed by atoms with E-state index < -0.39 is 30.1 Å². The highest BCUT2D eigenvalue weighted by atomic mass is 19.4. The fourth-order valence-electron chi connectivity index (χ4n) is 3.00. The molecule has 1 aromatic heterocycles. The normalized spacial score (nSPS) is 18.8. The van der Waals surface area contributed by atoms with Gasteiger partial charge in [-0.25, -0.2) is 4.98 Å². The molecule has 4 rings (SSSR count). The number of halogens is 3. The highest BCUT2D eigenvalue weighted by Crippen LogP contribution is 2.37. The molecule has 0 spiro atoms. The van der Waals surface area contributed by atoms with Gasteiger partial charge in [-0.05, 0) is 69.6 Å². The first kappa shape index (κ1) is 19.0. The average molecular weight is 389 g/mol. The Balaban J connectivity index is 1.64. The van der Waals surface area contributed by atoms with Gasteiger partial charge in [0.05, 0.1) is 16.8 Å². The van der Waals surface area contributed by atoms with Crippen LogP contribution in [0, 0.1) is 0 Å². The van der Waals surface area contributed by atoms with E-state index in [-0.39, 0.29) is 5.89 Å². The second-order valence-corrected chi connectivity index (χ2v) is 7.91. The molecule has 3 aromatic rings. The Bertz CT molecular complexity index is 1010. The number of rotatable bonds is 2. The van der Waals surface area contributed by atoms with E-state index in [0.29, 0.717) is 16.7 Å². The first-order valence-electron chi connectivity index (χ1n) is 8.90.